The van der Waals surface area contributed by atoms with Gasteiger partial charge in [0.25, 0.3) is 5.69 Å². The fourth-order valence-corrected chi connectivity index (χ4v) is 2.62. The Balaban J connectivity index is 1.83. The second kappa shape index (κ2) is 6.37. The van der Waals surface area contributed by atoms with Gasteiger partial charge in [0.2, 0.25) is 5.90 Å². The van der Waals surface area contributed by atoms with Crippen molar-refractivity contribution in [3.05, 3.63) is 80.2 Å². The summed E-state index contributed by atoms with van der Waals surface area (Å²) in [6, 6.07) is 10.00. The first kappa shape index (κ1) is 14.9. The van der Waals surface area contributed by atoms with Gasteiger partial charge in [-0.15, -0.1) is 11.3 Å². The second-order valence-electron chi connectivity index (χ2n) is 4.51. The highest BCUT2D eigenvalue weighted by Gasteiger charge is 2.24. The fourth-order valence-electron chi connectivity index (χ4n) is 1.97. The summed E-state index contributed by atoms with van der Waals surface area (Å²) in [7, 11) is 0. The number of carbonyl (C=O) groups is 1. The highest BCUT2D eigenvalue weighted by Crippen LogP contribution is 2.21. The zero-order valence-corrected chi connectivity index (χ0v) is 12.5. The first-order chi connectivity index (χ1) is 11.1. The van der Waals surface area contributed by atoms with E-state index in [1.807, 2.05) is 17.5 Å². The summed E-state index contributed by atoms with van der Waals surface area (Å²) in [5, 5.41) is 12.8. The molecule has 3 rings (SSSR count). The Morgan fingerprint density at radius 3 is 2.78 bits per heavy atom. The van der Waals surface area contributed by atoms with Crippen LogP contribution < -0.4 is 0 Å². The molecule has 0 unspecified atom stereocenters. The van der Waals surface area contributed by atoms with Gasteiger partial charge >= 0.3 is 5.97 Å². The van der Waals surface area contributed by atoms with Gasteiger partial charge in [-0.05, 0) is 29.7 Å². The van der Waals surface area contributed by atoms with Crippen molar-refractivity contribution in [1.29, 1.82) is 0 Å². The Bertz CT molecular complexity index is 851. The SMILES string of the molecule is O=C1OC(c2cccs2)=N/C1=C\C=C\c1ccccc1[N+](=O)[O-]. The summed E-state index contributed by atoms with van der Waals surface area (Å²) in [4.78, 5) is 27.1. The maximum Gasteiger partial charge on any atom is 0.363 e. The Morgan fingerprint density at radius 1 is 1.22 bits per heavy atom. The number of aliphatic imine (C=N–C) groups is 1. The van der Waals surface area contributed by atoms with Gasteiger partial charge in [0.1, 0.15) is 0 Å². The molecular weight excluding hydrogens is 316 g/mol. The smallest absolute Gasteiger partial charge is 0.363 e. The van der Waals surface area contributed by atoms with Gasteiger partial charge < -0.3 is 4.74 Å². The van der Waals surface area contributed by atoms with Gasteiger partial charge in [0.05, 0.1) is 15.4 Å². The van der Waals surface area contributed by atoms with Crippen LogP contribution in [0.15, 0.2) is 64.6 Å². The lowest BCUT2D eigenvalue weighted by Gasteiger charge is -1.95. The van der Waals surface area contributed by atoms with Crippen LogP contribution in [-0.2, 0) is 9.53 Å². The van der Waals surface area contributed by atoms with Crippen LogP contribution in [0.1, 0.15) is 10.4 Å². The minimum absolute atomic E-state index is 0.000996. The van der Waals surface area contributed by atoms with Gasteiger partial charge in [-0.2, -0.15) is 0 Å². The predicted molar refractivity (Wildman–Crippen MR) is 87.2 cm³/mol. The molecule has 0 spiro atoms. The quantitative estimate of drug-likeness (QED) is 0.372. The number of para-hydroxylation sites is 1. The van der Waals surface area contributed by atoms with Crippen molar-refractivity contribution in [2.45, 2.75) is 0 Å². The molecule has 0 saturated carbocycles. The summed E-state index contributed by atoms with van der Waals surface area (Å²) in [6.07, 6.45) is 4.57. The molecule has 2 heterocycles. The van der Waals surface area contributed by atoms with Crippen molar-refractivity contribution in [2.24, 2.45) is 4.99 Å². The van der Waals surface area contributed by atoms with Crippen LogP contribution >= 0.6 is 11.3 Å². The first-order valence-electron chi connectivity index (χ1n) is 6.61. The summed E-state index contributed by atoms with van der Waals surface area (Å²) >= 11 is 1.42. The molecule has 23 heavy (non-hydrogen) atoms. The number of esters is 1. The Morgan fingerprint density at radius 2 is 2.04 bits per heavy atom. The average molecular weight is 326 g/mol. The third kappa shape index (κ3) is 3.24. The lowest BCUT2D eigenvalue weighted by Crippen LogP contribution is -2.03. The number of nitrogens with zero attached hydrogens (tertiary/aromatic N) is 2. The standard InChI is InChI=1S/C16H10N2O4S/c19-16-12(17-15(22-16)14-9-4-10-23-14)7-3-6-11-5-1-2-8-13(11)18(20)21/h1-10H/b6-3+,12-7-. The molecule has 1 aliphatic heterocycles. The molecule has 0 saturated heterocycles. The van der Waals surface area contributed by atoms with Crippen LogP contribution in [0.4, 0.5) is 5.69 Å². The Kier molecular flexibility index (Phi) is 4.11. The lowest BCUT2D eigenvalue weighted by atomic mass is 10.1. The van der Waals surface area contributed by atoms with Crippen LogP contribution in [0.5, 0.6) is 0 Å². The van der Waals surface area contributed by atoms with Crippen molar-refractivity contribution >= 4 is 35.0 Å². The molecule has 1 aromatic heterocycles. The van der Waals surface area contributed by atoms with Crippen LogP contribution in [0.3, 0.4) is 0 Å². The topological polar surface area (TPSA) is 81.8 Å². The maximum atomic E-state index is 11.8. The zero-order valence-electron chi connectivity index (χ0n) is 11.7. The molecule has 0 radical (unpaired) electrons. The van der Waals surface area contributed by atoms with Gasteiger partial charge in [0.15, 0.2) is 5.70 Å². The van der Waals surface area contributed by atoms with E-state index in [9.17, 15) is 14.9 Å². The number of nitro groups is 1. The number of carbonyl (C=O) groups excluding carboxylic acids is 1. The minimum atomic E-state index is -0.541. The number of cyclic esters (lactones) is 1. The van der Waals surface area contributed by atoms with E-state index in [0.717, 1.165) is 4.88 Å². The number of hydrogen-bond acceptors (Lipinski definition) is 6. The van der Waals surface area contributed by atoms with Gasteiger partial charge in [-0.3, -0.25) is 10.1 Å². The van der Waals surface area contributed by atoms with E-state index in [1.54, 1.807) is 30.4 Å². The molecule has 0 atom stereocenters. The number of thiophene rings is 1. The monoisotopic (exact) mass is 326 g/mol. The van der Waals surface area contributed by atoms with Crippen molar-refractivity contribution in [1.82, 2.24) is 0 Å². The summed E-state index contributed by atoms with van der Waals surface area (Å²) < 4.78 is 5.09. The number of allylic oxidation sites excluding steroid dienone is 2. The van der Waals surface area contributed by atoms with E-state index in [0.29, 0.717) is 5.56 Å². The molecule has 114 valence electrons. The molecular formula is C16H10N2O4S. The largest absolute Gasteiger partial charge is 0.401 e. The molecule has 0 bridgehead atoms. The molecule has 1 aromatic carbocycles. The maximum absolute atomic E-state index is 11.8. The predicted octanol–water partition coefficient (Wildman–Crippen LogP) is 3.56. The second-order valence-corrected chi connectivity index (χ2v) is 5.46. The Labute approximate surface area is 135 Å². The fraction of sp³-hybridized carbons (Fsp3) is 0. The van der Waals surface area contributed by atoms with Crippen molar-refractivity contribution in [3.63, 3.8) is 0 Å². The van der Waals surface area contributed by atoms with E-state index >= 15 is 0 Å². The number of ether oxygens (including phenoxy) is 1. The summed E-state index contributed by atoms with van der Waals surface area (Å²) in [6.45, 7) is 0. The van der Waals surface area contributed by atoms with Crippen LogP contribution in [0, 0.1) is 10.1 Å². The van der Waals surface area contributed by atoms with Gasteiger partial charge in [0, 0.05) is 6.07 Å². The minimum Gasteiger partial charge on any atom is -0.401 e. The lowest BCUT2D eigenvalue weighted by molar-refractivity contribution is -0.385. The highest BCUT2D eigenvalue weighted by atomic mass is 32.1. The molecule has 0 N–H and O–H groups in total. The molecule has 0 aliphatic carbocycles. The summed E-state index contributed by atoms with van der Waals surface area (Å²) in [5.74, 6) is -0.268. The van der Waals surface area contributed by atoms with Crippen LogP contribution in [0.2, 0.25) is 0 Å². The molecule has 2 aromatic rings. The molecule has 6 nitrogen and oxygen atoms in total. The van der Waals surface area contributed by atoms with Crippen molar-refractivity contribution in [2.75, 3.05) is 0 Å². The highest BCUT2D eigenvalue weighted by molar-refractivity contribution is 7.12. The van der Waals surface area contributed by atoms with Crippen LogP contribution in [-0.4, -0.2) is 16.8 Å². The van der Waals surface area contributed by atoms with Crippen LogP contribution in [0.25, 0.3) is 6.08 Å². The van der Waals surface area contributed by atoms with E-state index in [4.69, 9.17) is 4.74 Å². The third-order valence-electron chi connectivity index (χ3n) is 3.02. The van der Waals surface area contributed by atoms with E-state index in [1.165, 1.54) is 23.5 Å². The number of hydrogen-bond donors (Lipinski definition) is 0. The summed E-state index contributed by atoms with van der Waals surface area (Å²) in [5.41, 5.74) is 0.602. The van der Waals surface area contributed by atoms with Crippen molar-refractivity contribution < 1.29 is 14.5 Å². The van der Waals surface area contributed by atoms with E-state index in [2.05, 4.69) is 4.99 Å². The number of nitro benzene ring substituents is 1. The molecule has 1 aliphatic rings. The van der Waals surface area contributed by atoms with E-state index in [-0.39, 0.29) is 17.3 Å². The van der Waals surface area contributed by atoms with E-state index < -0.39 is 10.9 Å². The normalized spacial score (nSPS) is 15.9. The number of rotatable bonds is 4. The average Bonchev–Trinajstić information content (AvgIpc) is 3.18. The first-order valence-corrected chi connectivity index (χ1v) is 7.49. The number of benzene rings is 1. The Hall–Kier alpha value is -3.06. The van der Waals surface area contributed by atoms with Crippen molar-refractivity contribution in [3.8, 4) is 0 Å². The molecule has 0 amide bonds. The van der Waals surface area contributed by atoms with Gasteiger partial charge in [-0.25, -0.2) is 9.79 Å². The third-order valence-corrected chi connectivity index (χ3v) is 3.87. The molecule has 7 heteroatoms. The molecule has 0 fully saturated rings. The van der Waals surface area contributed by atoms with Gasteiger partial charge in [-0.1, -0.05) is 24.3 Å². The zero-order chi connectivity index (χ0) is 16.2.